The van der Waals surface area contributed by atoms with Crippen LogP contribution in [-0.2, 0) is 0 Å². The Balaban J connectivity index is 1.67. The van der Waals surface area contributed by atoms with Crippen LogP contribution < -0.4 is 9.47 Å². The Labute approximate surface area is 147 Å². The molecule has 0 aliphatic heterocycles. The predicted molar refractivity (Wildman–Crippen MR) is 99.3 cm³/mol. The highest BCUT2D eigenvalue weighted by molar-refractivity contribution is 5.99. The van der Waals surface area contributed by atoms with E-state index in [1.54, 1.807) is 38.3 Å². The van der Waals surface area contributed by atoms with E-state index < -0.39 is 6.10 Å². The molecule has 1 atom stereocenters. The van der Waals surface area contributed by atoms with E-state index in [0.29, 0.717) is 11.3 Å². The lowest BCUT2D eigenvalue weighted by atomic mass is 10.1. The minimum absolute atomic E-state index is 0.0604. The minimum Gasteiger partial charge on any atom is -0.497 e. The Bertz CT molecular complexity index is 821. The van der Waals surface area contributed by atoms with E-state index in [2.05, 4.69) is 12.1 Å². The smallest absolute Gasteiger partial charge is 0.202 e. The maximum Gasteiger partial charge on any atom is 0.202 e. The van der Waals surface area contributed by atoms with E-state index in [9.17, 15) is 4.79 Å². The molecule has 0 radical (unpaired) electrons. The van der Waals surface area contributed by atoms with Crippen molar-refractivity contribution in [3.05, 3.63) is 84.4 Å². The Morgan fingerprint density at radius 1 is 0.760 bits per heavy atom. The van der Waals surface area contributed by atoms with Gasteiger partial charge in [-0.2, -0.15) is 0 Å². The molecule has 25 heavy (non-hydrogen) atoms. The van der Waals surface area contributed by atoms with Gasteiger partial charge in [-0.25, -0.2) is 0 Å². The monoisotopic (exact) mass is 332 g/mol. The number of carbonyl (C=O) groups is 1. The summed E-state index contributed by atoms with van der Waals surface area (Å²) in [6, 6.07) is 24.9. The van der Waals surface area contributed by atoms with Gasteiger partial charge in [-0.15, -0.1) is 0 Å². The fourth-order valence-corrected chi connectivity index (χ4v) is 2.60. The number of hydrogen-bond acceptors (Lipinski definition) is 3. The highest BCUT2D eigenvalue weighted by atomic mass is 16.5. The van der Waals surface area contributed by atoms with Gasteiger partial charge in [0.15, 0.2) is 6.10 Å². The Kier molecular flexibility index (Phi) is 5.14. The third kappa shape index (κ3) is 4.07. The molecule has 3 heteroatoms. The topological polar surface area (TPSA) is 35.5 Å². The molecule has 0 amide bonds. The first kappa shape index (κ1) is 16.8. The highest BCUT2D eigenvalue weighted by Crippen LogP contribution is 2.23. The molecule has 0 heterocycles. The van der Waals surface area contributed by atoms with E-state index in [4.69, 9.17) is 9.47 Å². The summed E-state index contributed by atoms with van der Waals surface area (Å²) in [6.07, 6.45) is -0.559. The average molecular weight is 332 g/mol. The molecule has 0 fully saturated rings. The van der Waals surface area contributed by atoms with Crippen LogP contribution in [0, 0.1) is 0 Å². The summed E-state index contributed by atoms with van der Waals surface area (Å²) in [5.41, 5.74) is 2.87. The van der Waals surface area contributed by atoms with Crippen LogP contribution in [0.25, 0.3) is 11.1 Å². The van der Waals surface area contributed by atoms with Crippen molar-refractivity contribution >= 4 is 5.78 Å². The molecule has 0 aromatic heterocycles. The van der Waals surface area contributed by atoms with Crippen molar-refractivity contribution in [2.24, 2.45) is 0 Å². The fourth-order valence-electron chi connectivity index (χ4n) is 2.60. The van der Waals surface area contributed by atoms with E-state index in [-0.39, 0.29) is 5.78 Å². The van der Waals surface area contributed by atoms with E-state index in [1.165, 1.54) is 0 Å². The lowest BCUT2D eigenvalue weighted by molar-refractivity contribution is 0.0818. The fraction of sp³-hybridized carbons (Fsp3) is 0.136. The average Bonchev–Trinajstić information content (AvgIpc) is 2.68. The summed E-state index contributed by atoms with van der Waals surface area (Å²) < 4.78 is 10.9. The number of Topliss-reactive ketones (excluding diaryl/α,β-unsaturated/α-hetero) is 1. The van der Waals surface area contributed by atoms with Crippen molar-refractivity contribution in [2.75, 3.05) is 7.11 Å². The molecule has 0 spiro atoms. The maximum absolute atomic E-state index is 12.5. The van der Waals surface area contributed by atoms with Crippen LogP contribution in [0.3, 0.4) is 0 Å². The molecule has 126 valence electrons. The quantitative estimate of drug-likeness (QED) is 0.595. The molecule has 0 bridgehead atoms. The van der Waals surface area contributed by atoms with Crippen molar-refractivity contribution in [2.45, 2.75) is 13.0 Å². The SMILES string of the molecule is COc1ccc(C(=O)[C@@H](C)Oc2ccc(-c3ccccc3)cc2)cc1. The summed E-state index contributed by atoms with van der Waals surface area (Å²) in [4.78, 5) is 12.5. The summed E-state index contributed by atoms with van der Waals surface area (Å²) in [6.45, 7) is 1.76. The van der Waals surface area contributed by atoms with Crippen LogP contribution in [0.4, 0.5) is 0 Å². The maximum atomic E-state index is 12.5. The molecular weight excluding hydrogens is 312 g/mol. The summed E-state index contributed by atoms with van der Waals surface area (Å²) in [5, 5.41) is 0. The molecular formula is C22H20O3. The third-order valence-electron chi connectivity index (χ3n) is 4.02. The number of ketones is 1. The standard InChI is InChI=1S/C22H20O3/c1-16(22(23)19-10-12-20(24-2)13-11-19)25-21-14-8-18(9-15-21)17-6-4-3-5-7-17/h3-16H,1-2H3/t16-/m1/s1. The van der Waals surface area contributed by atoms with E-state index in [1.807, 2.05) is 42.5 Å². The second kappa shape index (κ2) is 7.67. The van der Waals surface area contributed by atoms with Gasteiger partial charge in [-0.1, -0.05) is 42.5 Å². The molecule has 0 saturated carbocycles. The second-order valence-corrected chi connectivity index (χ2v) is 5.74. The molecule has 3 nitrogen and oxygen atoms in total. The van der Waals surface area contributed by atoms with Gasteiger partial charge in [-0.3, -0.25) is 4.79 Å². The van der Waals surface area contributed by atoms with Gasteiger partial charge in [0.2, 0.25) is 5.78 Å². The zero-order chi connectivity index (χ0) is 17.6. The van der Waals surface area contributed by atoms with E-state index >= 15 is 0 Å². The molecule has 0 aliphatic rings. The number of hydrogen-bond donors (Lipinski definition) is 0. The van der Waals surface area contributed by atoms with Gasteiger partial charge in [0.1, 0.15) is 11.5 Å². The van der Waals surface area contributed by atoms with Gasteiger partial charge in [-0.05, 0) is 54.4 Å². The van der Waals surface area contributed by atoms with Crippen LogP contribution >= 0.6 is 0 Å². The number of rotatable bonds is 6. The third-order valence-corrected chi connectivity index (χ3v) is 4.02. The van der Waals surface area contributed by atoms with Crippen molar-refractivity contribution in [3.8, 4) is 22.6 Å². The molecule has 0 aliphatic carbocycles. The second-order valence-electron chi connectivity index (χ2n) is 5.74. The highest BCUT2D eigenvalue weighted by Gasteiger charge is 2.17. The van der Waals surface area contributed by atoms with Crippen LogP contribution in [0.5, 0.6) is 11.5 Å². The van der Waals surface area contributed by atoms with Crippen molar-refractivity contribution in [1.29, 1.82) is 0 Å². The largest absolute Gasteiger partial charge is 0.497 e. The number of benzene rings is 3. The molecule has 3 aromatic carbocycles. The van der Waals surface area contributed by atoms with Crippen LogP contribution in [0.15, 0.2) is 78.9 Å². The van der Waals surface area contributed by atoms with Crippen molar-refractivity contribution in [1.82, 2.24) is 0 Å². The number of ether oxygens (including phenoxy) is 2. The zero-order valence-corrected chi connectivity index (χ0v) is 14.3. The molecule has 0 N–H and O–H groups in total. The molecule has 0 unspecified atom stereocenters. The number of methoxy groups -OCH3 is 1. The van der Waals surface area contributed by atoms with Gasteiger partial charge in [0, 0.05) is 5.56 Å². The lowest BCUT2D eigenvalue weighted by Gasteiger charge is -2.14. The van der Waals surface area contributed by atoms with Gasteiger partial charge in [0.25, 0.3) is 0 Å². The van der Waals surface area contributed by atoms with Crippen LogP contribution in [0.2, 0.25) is 0 Å². The van der Waals surface area contributed by atoms with Crippen molar-refractivity contribution < 1.29 is 14.3 Å². The van der Waals surface area contributed by atoms with Gasteiger partial charge >= 0.3 is 0 Å². The van der Waals surface area contributed by atoms with Gasteiger partial charge in [0.05, 0.1) is 7.11 Å². The Hall–Kier alpha value is -3.07. The first-order valence-electron chi connectivity index (χ1n) is 8.18. The summed E-state index contributed by atoms with van der Waals surface area (Å²) in [5.74, 6) is 1.34. The predicted octanol–water partition coefficient (Wildman–Crippen LogP) is 5.01. The lowest BCUT2D eigenvalue weighted by Crippen LogP contribution is -2.23. The first-order chi connectivity index (χ1) is 12.2. The minimum atomic E-state index is -0.559. The Morgan fingerprint density at radius 2 is 1.32 bits per heavy atom. The molecule has 3 aromatic rings. The molecule has 0 saturated heterocycles. The first-order valence-corrected chi connectivity index (χ1v) is 8.18. The van der Waals surface area contributed by atoms with Crippen LogP contribution in [-0.4, -0.2) is 19.0 Å². The zero-order valence-electron chi connectivity index (χ0n) is 14.3. The van der Waals surface area contributed by atoms with E-state index in [0.717, 1.165) is 16.9 Å². The van der Waals surface area contributed by atoms with Crippen molar-refractivity contribution in [3.63, 3.8) is 0 Å². The van der Waals surface area contributed by atoms with Crippen LogP contribution in [0.1, 0.15) is 17.3 Å². The summed E-state index contributed by atoms with van der Waals surface area (Å²) in [7, 11) is 1.60. The molecule has 3 rings (SSSR count). The summed E-state index contributed by atoms with van der Waals surface area (Å²) >= 11 is 0. The Morgan fingerprint density at radius 3 is 1.92 bits per heavy atom. The van der Waals surface area contributed by atoms with Gasteiger partial charge < -0.3 is 9.47 Å². The normalized spacial score (nSPS) is 11.6. The number of carbonyl (C=O) groups excluding carboxylic acids is 1.